The molecule has 1 nitrogen and oxygen atoms in total. The monoisotopic (exact) mass is 323 g/mol. The summed E-state index contributed by atoms with van der Waals surface area (Å²) < 4.78 is 0. The van der Waals surface area contributed by atoms with E-state index in [2.05, 4.69) is 46.3 Å². The molecule has 0 saturated heterocycles. The van der Waals surface area contributed by atoms with Gasteiger partial charge in [-0.05, 0) is 51.7 Å². The summed E-state index contributed by atoms with van der Waals surface area (Å²) in [5.74, 6) is 0. The predicted molar refractivity (Wildman–Crippen MR) is 107 cm³/mol. The molecule has 0 amide bonds. The Balaban J connectivity index is 4.35. The lowest BCUT2D eigenvalue weighted by Gasteiger charge is -2.33. The molecular formula is C22H45N. The summed E-state index contributed by atoms with van der Waals surface area (Å²) >= 11 is 0. The quantitative estimate of drug-likeness (QED) is 0.214. The SMILES string of the molecule is C=C(CCCN(C)C)C(C)(CCCCCC)CCCCCCC. The van der Waals surface area contributed by atoms with Gasteiger partial charge in [0.2, 0.25) is 0 Å². The van der Waals surface area contributed by atoms with Crippen molar-refractivity contribution in [1.29, 1.82) is 0 Å². The molecule has 0 aliphatic rings. The molecule has 0 heterocycles. The normalized spacial score (nSPS) is 14.2. The van der Waals surface area contributed by atoms with Crippen LogP contribution in [0.5, 0.6) is 0 Å². The van der Waals surface area contributed by atoms with E-state index in [9.17, 15) is 0 Å². The third-order valence-electron chi connectivity index (χ3n) is 5.35. The molecule has 0 aliphatic heterocycles. The molecule has 0 spiro atoms. The zero-order valence-electron chi connectivity index (χ0n) is 17.1. The highest BCUT2D eigenvalue weighted by atomic mass is 15.0. The third-order valence-corrected chi connectivity index (χ3v) is 5.35. The Labute approximate surface area is 147 Å². The van der Waals surface area contributed by atoms with Crippen LogP contribution in [0, 0.1) is 5.41 Å². The van der Waals surface area contributed by atoms with Crippen LogP contribution >= 0.6 is 0 Å². The Kier molecular flexibility index (Phi) is 13.9. The minimum absolute atomic E-state index is 0.381. The van der Waals surface area contributed by atoms with Gasteiger partial charge in [0.25, 0.3) is 0 Å². The highest BCUT2D eigenvalue weighted by molar-refractivity contribution is 5.08. The van der Waals surface area contributed by atoms with Gasteiger partial charge in [0.05, 0.1) is 0 Å². The summed E-state index contributed by atoms with van der Waals surface area (Å²) in [6.45, 7) is 12.8. The van der Waals surface area contributed by atoms with Crippen molar-refractivity contribution in [3.8, 4) is 0 Å². The Hall–Kier alpha value is -0.300. The Morgan fingerprint density at radius 2 is 1.26 bits per heavy atom. The zero-order valence-corrected chi connectivity index (χ0v) is 17.1. The summed E-state index contributed by atoms with van der Waals surface area (Å²) in [5, 5.41) is 0. The molecule has 0 aromatic rings. The maximum absolute atomic E-state index is 4.52. The molecule has 1 atom stereocenters. The molecule has 1 heteroatoms. The average molecular weight is 324 g/mol. The Bertz CT molecular complexity index is 282. The van der Waals surface area contributed by atoms with Gasteiger partial charge in [-0.15, -0.1) is 0 Å². The van der Waals surface area contributed by atoms with E-state index in [1.54, 1.807) is 0 Å². The molecule has 0 N–H and O–H groups in total. The molecule has 0 aromatic heterocycles. The van der Waals surface area contributed by atoms with Crippen molar-refractivity contribution in [3.05, 3.63) is 12.2 Å². The van der Waals surface area contributed by atoms with Gasteiger partial charge in [-0.3, -0.25) is 0 Å². The van der Waals surface area contributed by atoms with E-state index in [0.717, 1.165) is 0 Å². The summed E-state index contributed by atoms with van der Waals surface area (Å²) in [4.78, 5) is 2.29. The topological polar surface area (TPSA) is 3.24 Å². The van der Waals surface area contributed by atoms with Crippen LogP contribution in [0.4, 0.5) is 0 Å². The van der Waals surface area contributed by atoms with Gasteiger partial charge in [0, 0.05) is 0 Å². The van der Waals surface area contributed by atoms with Crippen LogP contribution in [-0.2, 0) is 0 Å². The molecule has 0 bridgehead atoms. The first-order chi connectivity index (χ1) is 11.0. The molecule has 1 unspecified atom stereocenters. The molecule has 0 aromatic carbocycles. The zero-order chi connectivity index (χ0) is 17.6. The fraction of sp³-hybridized carbons (Fsp3) is 0.909. The average Bonchev–Trinajstić information content (AvgIpc) is 2.51. The van der Waals surface area contributed by atoms with Gasteiger partial charge in [0.1, 0.15) is 0 Å². The van der Waals surface area contributed by atoms with E-state index in [1.165, 1.54) is 95.6 Å². The van der Waals surface area contributed by atoms with Crippen molar-refractivity contribution in [2.24, 2.45) is 5.41 Å². The summed E-state index contributed by atoms with van der Waals surface area (Å²) in [6, 6.07) is 0. The van der Waals surface area contributed by atoms with E-state index >= 15 is 0 Å². The van der Waals surface area contributed by atoms with Gasteiger partial charge in [0.15, 0.2) is 0 Å². The largest absolute Gasteiger partial charge is 0.309 e. The Morgan fingerprint density at radius 3 is 1.74 bits per heavy atom. The smallest absolute Gasteiger partial charge is 0.00218 e. The van der Waals surface area contributed by atoms with E-state index < -0.39 is 0 Å². The minimum Gasteiger partial charge on any atom is -0.309 e. The highest BCUT2D eigenvalue weighted by Gasteiger charge is 2.26. The number of allylic oxidation sites excluding steroid dienone is 1. The van der Waals surface area contributed by atoms with Gasteiger partial charge in [-0.2, -0.15) is 0 Å². The molecule has 0 radical (unpaired) electrons. The fourth-order valence-electron chi connectivity index (χ4n) is 3.45. The van der Waals surface area contributed by atoms with Gasteiger partial charge < -0.3 is 4.90 Å². The number of rotatable bonds is 16. The second-order valence-corrected chi connectivity index (χ2v) is 8.05. The number of unbranched alkanes of at least 4 members (excludes halogenated alkanes) is 7. The van der Waals surface area contributed by atoms with Gasteiger partial charge in [-0.25, -0.2) is 0 Å². The van der Waals surface area contributed by atoms with Crippen LogP contribution < -0.4 is 0 Å². The summed E-state index contributed by atoms with van der Waals surface area (Å²) in [6.07, 6.45) is 17.6. The van der Waals surface area contributed by atoms with Crippen LogP contribution in [0.3, 0.4) is 0 Å². The first kappa shape index (κ1) is 22.7. The van der Waals surface area contributed by atoms with Crippen LogP contribution in [-0.4, -0.2) is 25.5 Å². The lowest BCUT2D eigenvalue weighted by atomic mass is 9.73. The molecule has 0 fully saturated rings. The second kappa shape index (κ2) is 14.1. The maximum atomic E-state index is 4.52. The van der Waals surface area contributed by atoms with Crippen molar-refractivity contribution in [2.75, 3.05) is 20.6 Å². The molecule has 0 saturated carbocycles. The second-order valence-electron chi connectivity index (χ2n) is 8.05. The van der Waals surface area contributed by atoms with Crippen molar-refractivity contribution < 1.29 is 0 Å². The van der Waals surface area contributed by atoms with Gasteiger partial charge >= 0.3 is 0 Å². The standard InChI is InChI=1S/C22H45N/c1-7-9-11-13-15-19-22(4,18-14-12-10-8-2)21(3)17-16-20-23(5)6/h3,7-20H2,1-2,4-6H3. The molecule has 23 heavy (non-hydrogen) atoms. The molecular weight excluding hydrogens is 278 g/mol. The number of hydrogen-bond acceptors (Lipinski definition) is 1. The molecule has 138 valence electrons. The summed E-state index contributed by atoms with van der Waals surface area (Å²) in [7, 11) is 4.33. The first-order valence-electron chi connectivity index (χ1n) is 10.3. The fourth-order valence-corrected chi connectivity index (χ4v) is 3.45. The first-order valence-corrected chi connectivity index (χ1v) is 10.3. The van der Waals surface area contributed by atoms with Crippen molar-refractivity contribution >= 4 is 0 Å². The van der Waals surface area contributed by atoms with Crippen LogP contribution in [0.25, 0.3) is 0 Å². The highest BCUT2D eigenvalue weighted by Crippen LogP contribution is 2.39. The van der Waals surface area contributed by atoms with Crippen molar-refractivity contribution in [1.82, 2.24) is 4.90 Å². The molecule has 0 aliphatic carbocycles. The lowest BCUT2D eigenvalue weighted by Crippen LogP contribution is -2.21. The summed E-state index contributed by atoms with van der Waals surface area (Å²) in [5.41, 5.74) is 1.90. The van der Waals surface area contributed by atoms with Crippen molar-refractivity contribution in [3.63, 3.8) is 0 Å². The molecule has 0 rings (SSSR count). The number of hydrogen-bond donors (Lipinski definition) is 0. The number of nitrogens with zero attached hydrogens (tertiary/aromatic N) is 1. The van der Waals surface area contributed by atoms with E-state index in [1.807, 2.05) is 0 Å². The van der Waals surface area contributed by atoms with E-state index in [0.29, 0.717) is 5.41 Å². The van der Waals surface area contributed by atoms with Gasteiger partial charge in [-0.1, -0.05) is 90.7 Å². The predicted octanol–water partition coefficient (Wildman–Crippen LogP) is 7.22. The van der Waals surface area contributed by atoms with Crippen LogP contribution in [0.1, 0.15) is 104 Å². The maximum Gasteiger partial charge on any atom is -0.00218 e. The minimum atomic E-state index is 0.381. The van der Waals surface area contributed by atoms with E-state index in [4.69, 9.17) is 0 Å². The van der Waals surface area contributed by atoms with Crippen LogP contribution in [0.2, 0.25) is 0 Å². The van der Waals surface area contributed by atoms with E-state index in [-0.39, 0.29) is 0 Å². The lowest BCUT2D eigenvalue weighted by molar-refractivity contribution is 0.294. The Morgan fingerprint density at radius 1 is 0.783 bits per heavy atom. The van der Waals surface area contributed by atoms with Crippen LogP contribution in [0.15, 0.2) is 12.2 Å². The van der Waals surface area contributed by atoms with Crippen molar-refractivity contribution in [2.45, 2.75) is 104 Å². The third kappa shape index (κ3) is 11.8.